The fourth-order valence-electron chi connectivity index (χ4n) is 3.81. The SMILES string of the molecule is CC.CC1(NC(=O)c2ccn3c(-c4cccc(NC5CCCNC5)n4)cnc3c2)CC1. The van der Waals surface area contributed by atoms with Gasteiger partial charge in [0.15, 0.2) is 0 Å². The lowest BCUT2D eigenvalue weighted by molar-refractivity contribution is 0.0935. The molecular weight excluding hydrogens is 388 g/mol. The lowest BCUT2D eigenvalue weighted by Crippen LogP contribution is -2.38. The Morgan fingerprint density at radius 1 is 1.26 bits per heavy atom. The first-order valence-electron chi connectivity index (χ1n) is 11.3. The van der Waals surface area contributed by atoms with Crippen molar-refractivity contribution in [3.63, 3.8) is 0 Å². The van der Waals surface area contributed by atoms with Crippen LogP contribution in [0.5, 0.6) is 0 Å². The van der Waals surface area contributed by atoms with Gasteiger partial charge in [-0.3, -0.25) is 9.20 Å². The quantitative estimate of drug-likeness (QED) is 0.584. The fourth-order valence-corrected chi connectivity index (χ4v) is 3.81. The molecule has 0 spiro atoms. The Balaban J connectivity index is 0.00000112. The van der Waals surface area contributed by atoms with E-state index in [4.69, 9.17) is 4.98 Å². The number of fused-ring (bicyclic) bond motifs is 1. The van der Waals surface area contributed by atoms with Crippen molar-refractivity contribution in [3.05, 3.63) is 48.3 Å². The Morgan fingerprint density at radius 3 is 2.84 bits per heavy atom. The van der Waals surface area contributed by atoms with Crippen LogP contribution < -0.4 is 16.0 Å². The summed E-state index contributed by atoms with van der Waals surface area (Å²) in [6.45, 7) is 8.13. The van der Waals surface area contributed by atoms with Gasteiger partial charge in [0.25, 0.3) is 5.91 Å². The molecule has 0 aromatic carbocycles. The van der Waals surface area contributed by atoms with Gasteiger partial charge in [0, 0.05) is 29.9 Å². The molecule has 1 saturated carbocycles. The molecule has 0 bridgehead atoms. The number of pyridine rings is 2. The zero-order chi connectivity index (χ0) is 21.8. The van der Waals surface area contributed by atoms with Crippen molar-refractivity contribution in [2.75, 3.05) is 18.4 Å². The molecule has 0 radical (unpaired) electrons. The molecule has 7 heteroatoms. The molecule has 1 aliphatic heterocycles. The molecule has 31 heavy (non-hydrogen) atoms. The Hall–Kier alpha value is -2.93. The summed E-state index contributed by atoms with van der Waals surface area (Å²) in [5, 5.41) is 10.0. The standard InChI is InChI=1S/C22H26N6O.C2H6/c1-22(8-9-22)27-21(29)15-7-11-28-18(14-24-20(28)12-15)17-5-2-6-19(26-17)25-16-4-3-10-23-13-16;1-2/h2,5-7,11-12,14,16,23H,3-4,8-10,13H2,1H3,(H,25,26)(H,27,29);1-2H3. The van der Waals surface area contributed by atoms with Gasteiger partial charge < -0.3 is 16.0 Å². The molecule has 1 unspecified atom stereocenters. The van der Waals surface area contributed by atoms with Crippen molar-refractivity contribution in [2.24, 2.45) is 0 Å². The van der Waals surface area contributed by atoms with Crippen LogP contribution in [0, 0.1) is 0 Å². The zero-order valence-corrected chi connectivity index (χ0v) is 18.6. The molecule has 1 aliphatic carbocycles. The summed E-state index contributed by atoms with van der Waals surface area (Å²) in [4.78, 5) is 21.8. The molecule has 3 aromatic heterocycles. The van der Waals surface area contributed by atoms with Crippen LogP contribution in [-0.2, 0) is 0 Å². The summed E-state index contributed by atoms with van der Waals surface area (Å²) in [6, 6.07) is 10.1. The second kappa shape index (κ2) is 9.06. The van der Waals surface area contributed by atoms with Gasteiger partial charge in [-0.2, -0.15) is 0 Å². The highest BCUT2D eigenvalue weighted by Crippen LogP contribution is 2.34. The van der Waals surface area contributed by atoms with E-state index in [0.717, 1.165) is 55.2 Å². The number of amides is 1. The molecule has 1 saturated heterocycles. The lowest BCUT2D eigenvalue weighted by Gasteiger charge is -2.24. The van der Waals surface area contributed by atoms with E-state index in [0.29, 0.717) is 11.6 Å². The maximum absolute atomic E-state index is 12.5. The molecule has 5 rings (SSSR count). The van der Waals surface area contributed by atoms with Gasteiger partial charge in [0.2, 0.25) is 0 Å². The number of carbonyl (C=O) groups excluding carboxylic acids is 1. The van der Waals surface area contributed by atoms with Crippen LogP contribution in [0.4, 0.5) is 5.82 Å². The van der Waals surface area contributed by atoms with Gasteiger partial charge in [0.05, 0.1) is 17.6 Å². The average molecular weight is 421 g/mol. The monoisotopic (exact) mass is 420 g/mol. The number of carbonyl (C=O) groups is 1. The Labute approximate surface area is 183 Å². The van der Waals surface area contributed by atoms with E-state index in [1.165, 1.54) is 6.42 Å². The maximum Gasteiger partial charge on any atom is 0.251 e. The molecular formula is C24H32N6O. The second-order valence-electron chi connectivity index (χ2n) is 8.40. The van der Waals surface area contributed by atoms with Gasteiger partial charge in [-0.25, -0.2) is 9.97 Å². The number of hydrogen-bond acceptors (Lipinski definition) is 5. The van der Waals surface area contributed by atoms with Gasteiger partial charge in [-0.1, -0.05) is 19.9 Å². The van der Waals surface area contributed by atoms with Crippen LogP contribution >= 0.6 is 0 Å². The first-order valence-corrected chi connectivity index (χ1v) is 11.3. The number of aromatic nitrogens is 3. The number of piperidine rings is 1. The molecule has 7 nitrogen and oxygen atoms in total. The van der Waals surface area contributed by atoms with Crippen LogP contribution in [0.3, 0.4) is 0 Å². The smallest absolute Gasteiger partial charge is 0.251 e. The van der Waals surface area contributed by atoms with Gasteiger partial charge in [-0.15, -0.1) is 0 Å². The van der Waals surface area contributed by atoms with Crippen molar-refractivity contribution < 1.29 is 4.79 Å². The van der Waals surface area contributed by atoms with Gasteiger partial charge in [0.1, 0.15) is 11.5 Å². The lowest BCUT2D eigenvalue weighted by atomic mass is 10.1. The summed E-state index contributed by atoms with van der Waals surface area (Å²) < 4.78 is 1.98. The molecule has 3 aromatic rings. The number of nitrogens with one attached hydrogen (secondary N) is 3. The number of nitrogens with zero attached hydrogens (tertiary/aromatic N) is 3. The predicted octanol–water partition coefficient (Wildman–Crippen LogP) is 3.87. The minimum atomic E-state index is -0.0394. The van der Waals surface area contributed by atoms with Crippen molar-refractivity contribution in [1.82, 2.24) is 25.0 Å². The highest BCUT2D eigenvalue weighted by Gasteiger charge is 2.38. The highest BCUT2D eigenvalue weighted by molar-refractivity contribution is 5.95. The Morgan fingerprint density at radius 2 is 2.10 bits per heavy atom. The summed E-state index contributed by atoms with van der Waals surface area (Å²) in [7, 11) is 0. The largest absolute Gasteiger partial charge is 0.366 e. The molecule has 4 heterocycles. The predicted molar refractivity (Wildman–Crippen MR) is 124 cm³/mol. The third-order valence-electron chi connectivity index (χ3n) is 5.85. The molecule has 1 amide bonds. The van der Waals surface area contributed by atoms with Gasteiger partial charge in [-0.05, 0) is 63.4 Å². The van der Waals surface area contributed by atoms with E-state index in [-0.39, 0.29) is 11.4 Å². The zero-order valence-electron chi connectivity index (χ0n) is 18.6. The fraction of sp³-hybridized carbons (Fsp3) is 0.458. The normalized spacial score (nSPS) is 19.3. The molecule has 2 fully saturated rings. The number of anilines is 1. The Bertz CT molecular complexity index is 1050. The van der Waals surface area contributed by atoms with Crippen LogP contribution in [0.15, 0.2) is 42.7 Å². The van der Waals surface area contributed by atoms with E-state index in [1.54, 1.807) is 0 Å². The van der Waals surface area contributed by atoms with Crippen molar-refractivity contribution in [3.8, 4) is 11.4 Å². The second-order valence-corrected chi connectivity index (χ2v) is 8.40. The molecule has 2 aliphatic rings. The third kappa shape index (κ3) is 4.88. The first-order chi connectivity index (χ1) is 15.1. The highest BCUT2D eigenvalue weighted by atomic mass is 16.1. The number of rotatable bonds is 5. The van der Waals surface area contributed by atoms with E-state index in [1.807, 2.05) is 61.0 Å². The third-order valence-corrected chi connectivity index (χ3v) is 5.85. The molecule has 3 N–H and O–H groups in total. The van der Waals surface area contributed by atoms with E-state index in [2.05, 4.69) is 27.9 Å². The number of hydrogen-bond donors (Lipinski definition) is 3. The summed E-state index contributed by atoms with van der Waals surface area (Å²) >= 11 is 0. The first kappa shape index (κ1) is 21.3. The number of imidazole rings is 1. The topological polar surface area (TPSA) is 83.4 Å². The Kier molecular flexibility index (Phi) is 6.23. The average Bonchev–Trinajstić information content (AvgIpc) is 3.37. The van der Waals surface area contributed by atoms with E-state index >= 15 is 0 Å². The molecule has 1 atom stereocenters. The van der Waals surface area contributed by atoms with Gasteiger partial charge >= 0.3 is 0 Å². The minimum Gasteiger partial charge on any atom is -0.366 e. The van der Waals surface area contributed by atoms with Crippen molar-refractivity contribution >= 4 is 17.4 Å². The van der Waals surface area contributed by atoms with Crippen LogP contribution in [0.1, 0.15) is 56.8 Å². The summed E-state index contributed by atoms with van der Waals surface area (Å²) in [6.07, 6.45) is 8.13. The van der Waals surface area contributed by atoms with Crippen LogP contribution in [0.25, 0.3) is 17.0 Å². The maximum atomic E-state index is 12.5. The summed E-state index contributed by atoms with van der Waals surface area (Å²) in [5.74, 6) is 0.835. The minimum absolute atomic E-state index is 0.0327. The van der Waals surface area contributed by atoms with E-state index in [9.17, 15) is 4.79 Å². The van der Waals surface area contributed by atoms with Crippen LogP contribution in [-0.4, -0.2) is 44.9 Å². The summed E-state index contributed by atoms with van der Waals surface area (Å²) in [5.41, 5.74) is 3.11. The van der Waals surface area contributed by atoms with Crippen molar-refractivity contribution in [1.29, 1.82) is 0 Å². The van der Waals surface area contributed by atoms with E-state index < -0.39 is 0 Å². The van der Waals surface area contributed by atoms with Crippen molar-refractivity contribution in [2.45, 2.75) is 58.0 Å². The van der Waals surface area contributed by atoms with Crippen LogP contribution in [0.2, 0.25) is 0 Å². The molecule has 164 valence electrons.